The highest BCUT2D eigenvalue weighted by Crippen LogP contribution is 2.09. The number of rotatable bonds is 6. The number of nitrogens with zero attached hydrogens (tertiary/aromatic N) is 1. The molecule has 0 radical (unpaired) electrons. The number of thioether (sulfide) groups is 1. The van der Waals surface area contributed by atoms with Gasteiger partial charge in [-0.15, -0.1) is 0 Å². The lowest BCUT2D eigenvalue weighted by Crippen LogP contribution is -2.37. The van der Waals surface area contributed by atoms with Crippen molar-refractivity contribution >= 4 is 23.6 Å². The Kier molecular flexibility index (Phi) is 6.40. The van der Waals surface area contributed by atoms with E-state index in [1.807, 2.05) is 13.2 Å². The molecule has 1 N–H and O–H groups in total. The number of amides is 1. The molecule has 0 spiro atoms. The molecular formula is C10H19NO3S. The molecule has 0 aliphatic rings. The SMILES string of the molecule is CSCC(C)C(=O)N(C)CC(C)C(=O)O. The van der Waals surface area contributed by atoms with Gasteiger partial charge in [-0.05, 0) is 6.26 Å². The smallest absolute Gasteiger partial charge is 0.308 e. The molecule has 0 rings (SSSR count). The van der Waals surface area contributed by atoms with Gasteiger partial charge in [-0.2, -0.15) is 11.8 Å². The first-order chi connectivity index (χ1) is 6.90. The van der Waals surface area contributed by atoms with E-state index in [0.717, 1.165) is 5.75 Å². The summed E-state index contributed by atoms with van der Waals surface area (Å²) in [5.74, 6) is -0.652. The highest BCUT2D eigenvalue weighted by atomic mass is 32.2. The van der Waals surface area contributed by atoms with Crippen LogP contribution in [0.25, 0.3) is 0 Å². The number of carbonyl (C=O) groups is 2. The normalized spacial score (nSPS) is 14.4. The van der Waals surface area contributed by atoms with Gasteiger partial charge in [0.1, 0.15) is 0 Å². The van der Waals surface area contributed by atoms with Gasteiger partial charge in [-0.1, -0.05) is 13.8 Å². The van der Waals surface area contributed by atoms with E-state index in [1.54, 1.807) is 25.7 Å². The lowest BCUT2D eigenvalue weighted by molar-refractivity contribution is -0.143. The Balaban J connectivity index is 4.14. The fraction of sp³-hybridized carbons (Fsp3) is 0.800. The standard InChI is InChI=1S/C10H19NO3S/c1-7(10(13)14)5-11(3)9(12)8(2)6-15-4/h7-8H,5-6H2,1-4H3,(H,13,14). The minimum absolute atomic E-state index is 0.0115. The van der Waals surface area contributed by atoms with Crippen LogP contribution in [0.1, 0.15) is 13.8 Å². The van der Waals surface area contributed by atoms with Crippen molar-refractivity contribution < 1.29 is 14.7 Å². The maximum Gasteiger partial charge on any atom is 0.308 e. The minimum Gasteiger partial charge on any atom is -0.481 e. The van der Waals surface area contributed by atoms with Gasteiger partial charge in [0.15, 0.2) is 0 Å². The molecule has 0 heterocycles. The summed E-state index contributed by atoms with van der Waals surface area (Å²) in [6.45, 7) is 3.74. The fourth-order valence-corrected chi connectivity index (χ4v) is 1.92. The van der Waals surface area contributed by atoms with E-state index < -0.39 is 11.9 Å². The molecule has 0 saturated heterocycles. The van der Waals surface area contributed by atoms with E-state index >= 15 is 0 Å². The zero-order valence-electron chi connectivity index (χ0n) is 9.69. The Labute approximate surface area is 95.0 Å². The molecule has 1 amide bonds. The number of hydrogen-bond donors (Lipinski definition) is 1. The zero-order chi connectivity index (χ0) is 12.0. The maximum absolute atomic E-state index is 11.7. The minimum atomic E-state index is -0.868. The summed E-state index contributed by atoms with van der Waals surface area (Å²) in [7, 11) is 1.65. The maximum atomic E-state index is 11.7. The van der Waals surface area contributed by atoms with Crippen LogP contribution in [-0.4, -0.2) is 47.5 Å². The Hall–Kier alpha value is -0.710. The summed E-state index contributed by atoms with van der Waals surface area (Å²) < 4.78 is 0. The molecule has 2 atom stereocenters. The first-order valence-corrected chi connectivity index (χ1v) is 6.26. The van der Waals surface area contributed by atoms with Gasteiger partial charge >= 0.3 is 5.97 Å². The zero-order valence-corrected chi connectivity index (χ0v) is 10.5. The molecule has 0 aliphatic heterocycles. The van der Waals surface area contributed by atoms with Crippen LogP contribution >= 0.6 is 11.8 Å². The third kappa shape index (κ3) is 5.06. The van der Waals surface area contributed by atoms with E-state index in [0.29, 0.717) is 0 Å². The monoisotopic (exact) mass is 233 g/mol. The molecule has 0 aliphatic carbocycles. The van der Waals surface area contributed by atoms with Crippen LogP contribution in [0.15, 0.2) is 0 Å². The molecule has 88 valence electrons. The average Bonchev–Trinajstić information content (AvgIpc) is 2.16. The van der Waals surface area contributed by atoms with Gasteiger partial charge in [0.05, 0.1) is 5.92 Å². The van der Waals surface area contributed by atoms with Crippen molar-refractivity contribution in [1.29, 1.82) is 0 Å². The third-order valence-electron chi connectivity index (χ3n) is 2.18. The summed E-state index contributed by atoms with van der Waals surface area (Å²) in [6.07, 6.45) is 1.95. The van der Waals surface area contributed by atoms with Crippen molar-refractivity contribution in [3.8, 4) is 0 Å². The lowest BCUT2D eigenvalue weighted by Gasteiger charge is -2.22. The molecule has 0 bridgehead atoms. The highest BCUT2D eigenvalue weighted by Gasteiger charge is 2.21. The molecule has 0 aromatic carbocycles. The van der Waals surface area contributed by atoms with Crippen molar-refractivity contribution in [3.63, 3.8) is 0 Å². The summed E-state index contributed by atoms with van der Waals surface area (Å²) in [6, 6.07) is 0. The van der Waals surface area contributed by atoms with Gasteiger partial charge < -0.3 is 10.0 Å². The Morgan fingerprint density at radius 3 is 2.27 bits per heavy atom. The van der Waals surface area contributed by atoms with Gasteiger partial charge in [0.2, 0.25) is 5.91 Å². The van der Waals surface area contributed by atoms with Crippen molar-refractivity contribution in [2.75, 3.05) is 25.6 Å². The van der Waals surface area contributed by atoms with Crippen LogP contribution in [0, 0.1) is 11.8 Å². The van der Waals surface area contributed by atoms with Crippen LogP contribution < -0.4 is 0 Å². The van der Waals surface area contributed by atoms with Crippen LogP contribution in [-0.2, 0) is 9.59 Å². The predicted octanol–water partition coefficient (Wildman–Crippen LogP) is 1.16. The molecule has 0 aromatic rings. The average molecular weight is 233 g/mol. The predicted molar refractivity (Wildman–Crippen MR) is 62.0 cm³/mol. The molecule has 2 unspecified atom stereocenters. The Morgan fingerprint density at radius 1 is 1.33 bits per heavy atom. The van der Waals surface area contributed by atoms with Gasteiger partial charge in [0.25, 0.3) is 0 Å². The summed E-state index contributed by atoms with van der Waals surface area (Å²) in [4.78, 5) is 23.8. The first kappa shape index (κ1) is 14.3. The second-order valence-corrected chi connectivity index (χ2v) is 4.73. The lowest BCUT2D eigenvalue weighted by atomic mass is 10.1. The number of aliphatic carboxylic acids is 1. The van der Waals surface area contributed by atoms with Crippen LogP contribution in [0.3, 0.4) is 0 Å². The largest absolute Gasteiger partial charge is 0.481 e. The quantitative estimate of drug-likeness (QED) is 0.748. The second kappa shape index (κ2) is 6.71. The fourth-order valence-electron chi connectivity index (χ4n) is 1.28. The highest BCUT2D eigenvalue weighted by molar-refractivity contribution is 7.98. The van der Waals surface area contributed by atoms with Gasteiger partial charge in [-0.25, -0.2) is 0 Å². The van der Waals surface area contributed by atoms with Crippen molar-refractivity contribution in [3.05, 3.63) is 0 Å². The molecule has 15 heavy (non-hydrogen) atoms. The van der Waals surface area contributed by atoms with Crippen LogP contribution in [0.2, 0.25) is 0 Å². The van der Waals surface area contributed by atoms with Crippen LogP contribution in [0.5, 0.6) is 0 Å². The van der Waals surface area contributed by atoms with E-state index in [2.05, 4.69) is 0 Å². The van der Waals surface area contributed by atoms with E-state index in [4.69, 9.17) is 5.11 Å². The van der Waals surface area contributed by atoms with Crippen molar-refractivity contribution in [2.24, 2.45) is 11.8 Å². The van der Waals surface area contributed by atoms with Gasteiger partial charge in [0, 0.05) is 25.3 Å². The summed E-state index contributed by atoms with van der Waals surface area (Å²) >= 11 is 1.62. The number of carbonyl (C=O) groups excluding carboxylic acids is 1. The summed E-state index contributed by atoms with van der Waals surface area (Å²) in [5.41, 5.74) is 0. The Morgan fingerprint density at radius 2 is 1.87 bits per heavy atom. The molecule has 0 fully saturated rings. The summed E-state index contributed by atoms with van der Waals surface area (Å²) in [5, 5.41) is 8.71. The molecular weight excluding hydrogens is 214 g/mol. The molecule has 0 aromatic heterocycles. The van der Waals surface area contributed by atoms with E-state index in [-0.39, 0.29) is 18.4 Å². The van der Waals surface area contributed by atoms with Crippen molar-refractivity contribution in [1.82, 2.24) is 4.90 Å². The van der Waals surface area contributed by atoms with Gasteiger partial charge in [-0.3, -0.25) is 9.59 Å². The van der Waals surface area contributed by atoms with E-state index in [1.165, 1.54) is 4.90 Å². The van der Waals surface area contributed by atoms with Crippen molar-refractivity contribution in [2.45, 2.75) is 13.8 Å². The van der Waals surface area contributed by atoms with Crippen LogP contribution in [0.4, 0.5) is 0 Å². The molecule has 0 saturated carbocycles. The second-order valence-electron chi connectivity index (χ2n) is 3.81. The first-order valence-electron chi connectivity index (χ1n) is 4.86. The Bertz CT molecular complexity index is 233. The number of carboxylic acids is 1. The molecule has 4 nitrogen and oxygen atoms in total. The third-order valence-corrected chi connectivity index (χ3v) is 3.02. The number of carboxylic acid groups (broad SMARTS) is 1. The molecule has 5 heteroatoms. The topological polar surface area (TPSA) is 57.6 Å². The number of hydrogen-bond acceptors (Lipinski definition) is 3. The van der Waals surface area contributed by atoms with E-state index in [9.17, 15) is 9.59 Å².